The Kier molecular flexibility index (Phi) is 6.06. The fourth-order valence-corrected chi connectivity index (χ4v) is 6.42. The zero-order valence-corrected chi connectivity index (χ0v) is 24.7. The average molecular weight is 588 g/mol. The number of hydrogen-bond donors (Lipinski definition) is 0. The number of para-hydroxylation sites is 1. The van der Waals surface area contributed by atoms with Gasteiger partial charge in [0.2, 0.25) is 0 Å². The Morgan fingerprint density at radius 3 is 1.52 bits per heavy atom. The Balaban J connectivity index is 1.26. The van der Waals surface area contributed by atoms with Crippen LogP contribution in [0, 0.1) is 0 Å². The van der Waals surface area contributed by atoms with Gasteiger partial charge in [-0.25, -0.2) is 15.0 Å². The van der Waals surface area contributed by atoms with Gasteiger partial charge in [-0.1, -0.05) is 115 Å². The van der Waals surface area contributed by atoms with Gasteiger partial charge in [0, 0.05) is 61.6 Å². The molecule has 0 unspecified atom stereocenters. The first-order chi connectivity index (χ1) is 22.8. The van der Waals surface area contributed by atoms with Crippen LogP contribution in [0.15, 0.2) is 152 Å². The van der Waals surface area contributed by atoms with Crippen molar-refractivity contribution in [1.29, 1.82) is 0 Å². The molecule has 46 heavy (non-hydrogen) atoms. The summed E-state index contributed by atoms with van der Waals surface area (Å²) < 4.78 is 0. The Bertz CT molecular complexity index is 2510. The van der Waals surface area contributed by atoms with Gasteiger partial charge in [0.05, 0.1) is 33.6 Å². The molecule has 9 aromatic rings. The summed E-state index contributed by atoms with van der Waals surface area (Å²) in [5.74, 6) is 0.676. The van der Waals surface area contributed by atoms with Gasteiger partial charge in [-0.05, 0) is 24.3 Å². The van der Waals surface area contributed by atoms with Crippen LogP contribution in [0.5, 0.6) is 0 Å². The van der Waals surface area contributed by atoms with Crippen LogP contribution in [0.1, 0.15) is 0 Å². The largest absolute Gasteiger partial charge is 0.254 e. The minimum absolute atomic E-state index is 0.676. The highest BCUT2D eigenvalue weighted by molar-refractivity contribution is 6.32. The topological polar surface area (TPSA) is 64.5 Å². The molecule has 0 fully saturated rings. The predicted octanol–water partition coefficient (Wildman–Crippen LogP) is 9.94. The molecule has 214 valence electrons. The average Bonchev–Trinajstić information content (AvgIpc) is 3.15. The van der Waals surface area contributed by atoms with Crippen molar-refractivity contribution in [2.45, 2.75) is 0 Å². The van der Waals surface area contributed by atoms with E-state index in [9.17, 15) is 0 Å². The summed E-state index contributed by atoms with van der Waals surface area (Å²) in [6.07, 6.45) is 3.67. The summed E-state index contributed by atoms with van der Waals surface area (Å²) in [5.41, 5.74) is 9.43. The predicted molar refractivity (Wildman–Crippen MR) is 187 cm³/mol. The van der Waals surface area contributed by atoms with Crippen LogP contribution in [0.2, 0.25) is 0 Å². The second-order valence-corrected chi connectivity index (χ2v) is 11.3. The molecule has 4 heterocycles. The highest BCUT2D eigenvalue weighted by Crippen LogP contribution is 2.41. The second kappa shape index (κ2) is 10.7. The number of rotatable bonds is 4. The third-order valence-electron chi connectivity index (χ3n) is 8.55. The lowest BCUT2D eigenvalue weighted by molar-refractivity contribution is 1.18. The molecule has 0 saturated heterocycles. The van der Waals surface area contributed by atoms with Crippen LogP contribution < -0.4 is 0 Å². The molecular formula is C41H25N5. The molecule has 0 bridgehead atoms. The van der Waals surface area contributed by atoms with Crippen molar-refractivity contribution < 1.29 is 0 Å². The number of nitrogens with zero attached hydrogens (tertiary/aromatic N) is 5. The van der Waals surface area contributed by atoms with Crippen molar-refractivity contribution >= 4 is 43.5 Å². The van der Waals surface area contributed by atoms with E-state index in [-0.39, 0.29) is 0 Å². The summed E-state index contributed by atoms with van der Waals surface area (Å²) in [4.78, 5) is 24.9. The van der Waals surface area contributed by atoms with Crippen LogP contribution in [0.4, 0.5) is 0 Å². The molecule has 0 N–H and O–H groups in total. The van der Waals surface area contributed by atoms with Crippen molar-refractivity contribution in [3.05, 3.63) is 152 Å². The third-order valence-corrected chi connectivity index (χ3v) is 8.55. The maximum Gasteiger partial charge on any atom is 0.160 e. The third kappa shape index (κ3) is 4.29. The van der Waals surface area contributed by atoms with Gasteiger partial charge >= 0.3 is 0 Å². The Morgan fingerprint density at radius 1 is 0.370 bits per heavy atom. The number of hydrogen-bond acceptors (Lipinski definition) is 5. The van der Waals surface area contributed by atoms with Crippen molar-refractivity contribution in [1.82, 2.24) is 24.9 Å². The van der Waals surface area contributed by atoms with Gasteiger partial charge in [-0.2, -0.15) is 0 Å². The van der Waals surface area contributed by atoms with E-state index in [0.29, 0.717) is 5.82 Å². The maximum atomic E-state index is 5.26. The molecule has 0 amide bonds. The van der Waals surface area contributed by atoms with Crippen LogP contribution >= 0.6 is 0 Å². The molecule has 0 atom stereocenters. The molecule has 4 aromatic heterocycles. The molecule has 0 aliphatic carbocycles. The van der Waals surface area contributed by atoms with Crippen molar-refractivity contribution in [2.75, 3.05) is 0 Å². The standard InChI is InChI=1S/C41H25N5/c1-3-11-26(12-4-1)34-25-35(27-13-5-2-6-14-27)46-41(45-34)29-21-19-28(20-22-29)38-37-32-17-10-24-43-40(32)39-31(16-9-23-42-39)36(37)30-15-7-8-18-33(30)44-38/h1-25H. The first kappa shape index (κ1) is 26.1. The zero-order valence-electron chi connectivity index (χ0n) is 24.7. The van der Waals surface area contributed by atoms with Crippen LogP contribution in [0.3, 0.4) is 0 Å². The molecule has 5 heteroatoms. The lowest BCUT2D eigenvalue weighted by Crippen LogP contribution is -1.96. The zero-order chi connectivity index (χ0) is 30.5. The number of benzene rings is 5. The van der Waals surface area contributed by atoms with Crippen molar-refractivity contribution in [2.24, 2.45) is 0 Å². The summed E-state index contributed by atoms with van der Waals surface area (Å²) >= 11 is 0. The lowest BCUT2D eigenvalue weighted by Gasteiger charge is -2.15. The van der Waals surface area contributed by atoms with Gasteiger partial charge in [0.1, 0.15) is 0 Å². The molecule has 0 radical (unpaired) electrons. The molecular weight excluding hydrogens is 562 g/mol. The van der Waals surface area contributed by atoms with Gasteiger partial charge in [-0.15, -0.1) is 0 Å². The SMILES string of the molecule is c1ccc(-c2cc(-c3ccccc3)nc(-c3ccc(-c4nc5ccccc5c5c6cccnc6c6ncccc6c45)cc3)n2)cc1. The molecule has 5 aromatic carbocycles. The van der Waals surface area contributed by atoms with Crippen LogP contribution in [-0.2, 0) is 0 Å². The minimum atomic E-state index is 0.676. The van der Waals surface area contributed by atoms with Crippen LogP contribution in [0.25, 0.3) is 88.6 Å². The number of pyridine rings is 3. The van der Waals surface area contributed by atoms with Crippen molar-refractivity contribution in [3.8, 4) is 45.2 Å². The van der Waals surface area contributed by atoms with Crippen LogP contribution in [-0.4, -0.2) is 24.9 Å². The number of aromatic nitrogens is 5. The second-order valence-electron chi connectivity index (χ2n) is 11.3. The van der Waals surface area contributed by atoms with E-state index in [1.165, 1.54) is 0 Å². The van der Waals surface area contributed by atoms with Gasteiger partial charge in [0.15, 0.2) is 5.82 Å². The van der Waals surface area contributed by atoms with E-state index >= 15 is 0 Å². The fraction of sp³-hybridized carbons (Fsp3) is 0. The monoisotopic (exact) mass is 587 g/mol. The smallest absolute Gasteiger partial charge is 0.160 e. The first-order valence-electron chi connectivity index (χ1n) is 15.3. The van der Waals surface area contributed by atoms with Gasteiger partial charge < -0.3 is 0 Å². The van der Waals surface area contributed by atoms with E-state index in [0.717, 1.165) is 82.8 Å². The van der Waals surface area contributed by atoms with E-state index in [1.807, 2.05) is 67.0 Å². The van der Waals surface area contributed by atoms with E-state index in [2.05, 4.69) is 84.9 Å². The minimum Gasteiger partial charge on any atom is -0.254 e. The molecule has 0 aliphatic rings. The first-order valence-corrected chi connectivity index (χ1v) is 15.3. The Morgan fingerprint density at radius 2 is 0.891 bits per heavy atom. The van der Waals surface area contributed by atoms with Gasteiger partial charge in [0.25, 0.3) is 0 Å². The number of fused-ring (bicyclic) bond motifs is 8. The summed E-state index contributed by atoms with van der Waals surface area (Å²) in [5, 5.41) is 5.41. The molecule has 9 rings (SSSR count). The molecule has 0 spiro atoms. The summed E-state index contributed by atoms with van der Waals surface area (Å²) in [6.45, 7) is 0. The summed E-state index contributed by atoms with van der Waals surface area (Å²) in [7, 11) is 0. The summed E-state index contributed by atoms with van der Waals surface area (Å²) in [6, 6.07) is 47.6. The Labute approximate surface area is 264 Å². The van der Waals surface area contributed by atoms with Gasteiger partial charge in [-0.3, -0.25) is 9.97 Å². The van der Waals surface area contributed by atoms with Crippen molar-refractivity contribution in [3.63, 3.8) is 0 Å². The highest BCUT2D eigenvalue weighted by atomic mass is 14.9. The molecule has 0 aliphatic heterocycles. The van der Waals surface area contributed by atoms with E-state index in [4.69, 9.17) is 24.9 Å². The lowest BCUT2D eigenvalue weighted by atomic mass is 9.93. The molecule has 5 nitrogen and oxygen atoms in total. The normalized spacial score (nSPS) is 11.5. The highest BCUT2D eigenvalue weighted by Gasteiger charge is 2.19. The quantitative estimate of drug-likeness (QED) is 0.192. The van der Waals surface area contributed by atoms with E-state index in [1.54, 1.807) is 0 Å². The maximum absolute atomic E-state index is 5.26. The Hall–Kier alpha value is -6.33. The molecule has 0 saturated carbocycles. The van der Waals surface area contributed by atoms with E-state index < -0.39 is 0 Å². The fourth-order valence-electron chi connectivity index (χ4n) is 6.42.